The van der Waals surface area contributed by atoms with E-state index in [2.05, 4.69) is 11.5 Å². The smallest absolute Gasteiger partial charge is 0.179 e. The van der Waals surface area contributed by atoms with Gasteiger partial charge < -0.3 is 0 Å². The Bertz CT molecular complexity index is 837. The molecule has 2 aromatic carbocycles. The predicted octanol–water partition coefficient (Wildman–Crippen LogP) is 3.57. The molecule has 5 heteroatoms. The highest BCUT2D eigenvalue weighted by Crippen LogP contribution is 2.24. The molecule has 0 atom stereocenters. The summed E-state index contributed by atoms with van der Waals surface area (Å²) < 4.78 is 13.1. The second kappa shape index (κ2) is 5.85. The van der Waals surface area contributed by atoms with Crippen LogP contribution in [0.25, 0.3) is 0 Å². The molecule has 0 unspecified atom stereocenters. The molecule has 2 aliphatic heterocycles. The number of amidine groups is 1. The first-order chi connectivity index (χ1) is 11.7. The molecule has 0 spiro atoms. The molecule has 0 fully saturated rings. The standard InChI is InChI=1S/C19H17FN4/c1-14-11-18-13-23(12-15-7-9-17(20)10-8-15)22-19(24(18)21-14)16-5-3-2-4-6-16/h2-11,13,21H,12H2,1H3. The number of nitrogens with one attached hydrogen (secondary N) is 1. The van der Waals surface area contributed by atoms with Crippen molar-refractivity contribution < 1.29 is 4.39 Å². The number of hydrogen-bond acceptors (Lipinski definition) is 4. The van der Waals surface area contributed by atoms with E-state index in [1.54, 1.807) is 12.1 Å². The highest BCUT2D eigenvalue weighted by molar-refractivity contribution is 6.00. The zero-order chi connectivity index (χ0) is 16.5. The van der Waals surface area contributed by atoms with Gasteiger partial charge in [0, 0.05) is 17.5 Å². The molecule has 1 N–H and O–H groups in total. The van der Waals surface area contributed by atoms with E-state index < -0.39 is 0 Å². The van der Waals surface area contributed by atoms with Crippen molar-refractivity contribution in [1.29, 1.82) is 0 Å². The van der Waals surface area contributed by atoms with E-state index in [1.807, 2.05) is 53.5 Å². The molecule has 2 heterocycles. The molecule has 0 saturated carbocycles. The summed E-state index contributed by atoms with van der Waals surface area (Å²) in [7, 11) is 0. The van der Waals surface area contributed by atoms with Crippen molar-refractivity contribution in [3.63, 3.8) is 0 Å². The van der Waals surface area contributed by atoms with E-state index in [0.29, 0.717) is 6.54 Å². The maximum Gasteiger partial charge on any atom is 0.179 e. The van der Waals surface area contributed by atoms with Gasteiger partial charge in [-0.05, 0) is 30.7 Å². The van der Waals surface area contributed by atoms with Crippen LogP contribution in [-0.4, -0.2) is 15.9 Å². The lowest BCUT2D eigenvalue weighted by Crippen LogP contribution is -2.41. The summed E-state index contributed by atoms with van der Waals surface area (Å²) in [6.45, 7) is 2.60. The topological polar surface area (TPSA) is 30.9 Å². The van der Waals surface area contributed by atoms with Crippen LogP contribution in [0.5, 0.6) is 0 Å². The largest absolute Gasteiger partial charge is 0.297 e. The monoisotopic (exact) mass is 320 g/mol. The van der Waals surface area contributed by atoms with Crippen LogP contribution in [0.1, 0.15) is 18.1 Å². The molecule has 0 aliphatic carbocycles. The Morgan fingerprint density at radius 1 is 1.04 bits per heavy atom. The Morgan fingerprint density at radius 3 is 2.54 bits per heavy atom. The minimum atomic E-state index is -0.228. The van der Waals surface area contributed by atoms with E-state index in [4.69, 9.17) is 5.10 Å². The van der Waals surface area contributed by atoms with Gasteiger partial charge in [0.15, 0.2) is 5.84 Å². The fourth-order valence-corrected chi connectivity index (χ4v) is 2.81. The van der Waals surface area contributed by atoms with Gasteiger partial charge in [-0.2, -0.15) is 5.10 Å². The Morgan fingerprint density at radius 2 is 1.79 bits per heavy atom. The molecule has 0 bridgehead atoms. The number of hydrazine groups is 1. The summed E-state index contributed by atoms with van der Waals surface area (Å²) in [6.07, 6.45) is 4.06. The highest BCUT2D eigenvalue weighted by Gasteiger charge is 2.26. The van der Waals surface area contributed by atoms with Gasteiger partial charge in [-0.25, -0.2) is 9.40 Å². The Kier molecular flexibility index (Phi) is 3.54. The SMILES string of the molecule is CC1=CC2=CN(Cc3ccc(F)cc3)N=C(c3ccccc3)N2N1. The summed E-state index contributed by atoms with van der Waals surface area (Å²) in [5, 5.41) is 8.62. The van der Waals surface area contributed by atoms with Gasteiger partial charge in [0.05, 0.1) is 12.2 Å². The van der Waals surface area contributed by atoms with E-state index in [1.165, 1.54) is 12.1 Å². The van der Waals surface area contributed by atoms with E-state index in [9.17, 15) is 4.39 Å². The molecule has 0 radical (unpaired) electrons. The Labute approximate surface area is 140 Å². The van der Waals surface area contributed by atoms with Crippen LogP contribution in [0, 0.1) is 5.82 Å². The van der Waals surface area contributed by atoms with Crippen LogP contribution in [0.15, 0.2) is 83.4 Å². The number of allylic oxidation sites excluding steroid dienone is 2. The molecule has 4 nitrogen and oxygen atoms in total. The van der Waals surface area contributed by atoms with Crippen LogP contribution < -0.4 is 5.43 Å². The van der Waals surface area contributed by atoms with Crippen LogP contribution in [0.4, 0.5) is 4.39 Å². The number of fused-ring (bicyclic) bond motifs is 1. The summed E-state index contributed by atoms with van der Waals surface area (Å²) >= 11 is 0. The lowest BCUT2D eigenvalue weighted by atomic mass is 10.2. The summed E-state index contributed by atoms with van der Waals surface area (Å²) in [5.41, 5.74) is 7.44. The average Bonchev–Trinajstić information content (AvgIpc) is 2.97. The fourth-order valence-electron chi connectivity index (χ4n) is 2.81. The van der Waals surface area contributed by atoms with Crippen molar-refractivity contribution in [2.24, 2.45) is 5.10 Å². The van der Waals surface area contributed by atoms with Gasteiger partial charge in [-0.15, -0.1) is 0 Å². The van der Waals surface area contributed by atoms with Crippen molar-refractivity contribution in [1.82, 2.24) is 15.4 Å². The lowest BCUT2D eigenvalue weighted by molar-refractivity contribution is 0.334. The third kappa shape index (κ3) is 2.76. The van der Waals surface area contributed by atoms with Crippen molar-refractivity contribution in [2.45, 2.75) is 13.5 Å². The Hall–Kier alpha value is -3.08. The molecule has 2 aliphatic rings. The first kappa shape index (κ1) is 14.5. The predicted molar refractivity (Wildman–Crippen MR) is 91.7 cm³/mol. The molecular formula is C19H17FN4. The molecule has 4 rings (SSSR count). The number of rotatable bonds is 3. The zero-order valence-electron chi connectivity index (χ0n) is 13.3. The zero-order valence-corrected chi connectivity index (χ0v) is 13.3. The van der Waals surface area contributed by atoms with Crippen LogP contribution >= 0.6 is 0 Å². The third-order valence-corrected chi connectivity index (χ3v) is 3.92. The maximum atomic E-state index is 13.1. The quantitative estimate of drug-likeness (QED) is 0.938. The number of benzene rings is 2. The first-order valence-electron chi connectivity index (χ1n) is 7.81. The average molecular weight is 320 g/mol. The molecule has 0 saturated heterocycles. The van der Waals surface area contributed by atoms with Gasteiger partial charge in [0.1, 0.15) is 5.82 Å². The number of hydrazone groups is 1. The van der Waals surface area contributed by atoms with Crippen LogP contribution in [0.3, 0.4) is 0 Å². The summed E-state index contributed by atoms with van der Waals surface area (Å²) in [6, 6.07) is 16.6. The van der Waals surface area contributed by atoms with E-state index in [0.717, 1.165) is 28.4 Å². The van der Waals surface area contributed by atoms with Crippen molar-refractivity contribution in [3.8, 4) is 0 Å². The van der Waals surface area contributed by atoms with Crippen LogP contribution in [0.2, 0.25) is 0 Å². The summed E-state index contributed by atoms with van der Waals surface area (Å²) in [5.74, 6) is 0.609. The molecule has 0 amide bonds. The van der Waals surface area contributed by atoms with Crippen molar-refractivity contribution in [2.75, 3.05) is 0 Å². The van der Waals surface area contributed by atoms with Crippen molar-refractivity contribution >= 4 is 5.84 Å². The van der Waals surface area contributed by atoms with Gasteiger partial charge in [-0.3, -0.25) is 10.4 Å². The summed E-state index contributed by atoms with van der Waals surface area (Å²) in [4.78, 5) is 0. The number of halogens is 1. The minimum Gasteiger partial charge on any atom is -0.297 e. The van der Waals surface area contributed by atoms with Gasteiger partial charge in [0.2, 0.25) is 0 Å². The number of hydrogen-bond donors (Lipinski definition) is 1. The Balaban J connectivity index is 1.68. The molecule has 2 aromatic rings. The van der Waals surface area contributed by atoms with E-state index >= 15 is 0 Å². The molecular weight excluding hydrogens is 303 g/mol. The van der Waals surface area contributed by atoms with Gasteiger partial charge in [-0.1, -0.05) is 42.5 Å². The van der Waals surface area contributed by atoms with Crippen LogP contribution in [-0.2, 0) is 6.54 Å². The third-order valence-electron chi connectivity index (χ3n) is 3.92. The van der Waals surface area contributed by atoms with E-state index in [-0.39, 0.29) is 5.82 Å². The number of nitrogens with zero attached hydrogens (tertiary/aromatic N) is 3. The molecule has 120 valence electrons. The molecule has 24 heavy (non-hydrogen) atoms. The van der Waals surface area contributed by atoms with Gasteiger partial charge >= 0.3 is 0 Å². The first-order valence-corrected chi connectivity index (χ1v) is 7.81. The lowest BCUT2D eigenvalue weighted by Gasteiger charge is -2.30. The normalized spacial score (nSPS) is 16.2. The second-order valence-electron chi connectivity index (χ2n) is 5.84. The maximum absolute atomic E-state index is 13.1. The fraction of sp³-hybridized carbons (Fsp3) is 0.105. The highest BCUT2D eigenvalue weighted by atomic mass is 19.1. The van der Waals surface area contributed by atoms with Gasteiger partial charge in [0.25, 0.3) is 0 Å². The second-order valence-corrected chi connectivity index (χ2v) is 5.84. The van der Waals surface area contributed by atoms with Crippen molar-refractivity contribution in [3.05, 3.63) is 95.2 Å². The molecule has 0 aromatic heterocycles. The minimum absolute atomic E-state index is 0.228.